The van der Waals surface area contributed by atoms with Gasteiger partial charge in [-0.25, -0.2) is 18.6 Å². The van der Waals surface area contributed by atoms with Crippen molar-refractivity contribution in [3.63, 3.8) is 0 Å². The Labute approximate surface area is 139 Å². The third-order valence-corrected chi connectivity index (χ3v) is 3.46. The molecule has 1 aromatic carbocycles. The molecule has 5 nitrogen and oxygen atoms in total. The number of oxazole rings is 1. The number of esters is 1. The van der Waals surface area contributed by atoms with E-state index in [1.165, 1.54) is 7.11 Å². The lowest BCUT2D eigenvalue weighted by Crippen LogP contribution is -2.30. The number of ether oxygens (including phenoxy) is 1. The van der Waals surface area contributed by atoms with Crippen molar-refractivity contribution >= 4 is 5.97 Å². The standard InChI is InChI=1S/C17H20F2N2O3/c1-17(2,3)13-8-20-14(24-13)9-21-15(16(22)23-4)11-7-10(18)5-6-12(11)19/h5-8,15,21H,9H2,1-4H3/t15-/m1/s1. The lowest BCUT2D eigenvalue weighted by atomic mass is 9.94. The highest BCUT2D eigenvalue weighted by atomic mass is 19.1. The minimum atomic E-state index is -1.17. The van der Waals surface area contributed by atoms with Crippen LogP contribution >= 0.6 is 0 Å². The molecule has 0 aliphatic rings. The van der Waals surface area contributed by atoms with Crippen LogP contribution in [0.15, 0.2) is 28.8 Å². The van der Waals surface area contributed by atoms with Gasteiger partial charge in [0.15, 0.2) is 0 Å². The monoisotopic (exact) mass is 338 g/mol. The second-order valence-electron chi connectivity index (χ2n) is 6.37. The molecule has 1 aromatic heterocycles. The Bertz CT molecular complexity index is 723. The third-order valence-electron chi connectivity index (χ3n) is 3.46. The Morgan fingerprint density at radius 1 is 1.38 bits per heavy atom. The van der Waals surface area contributed by atoms with E-state index in [1.807, 2.05) is 20.8 Å². The first-order valence-corrected chi connectivity index (χ1v) is 7.43. The topological polar surface area (TPSA) is 64.4 Å². The predicted octanol–water partition coefficient (Wildman–Crippen LogP) is 3.25. The minimum absolute atomic E-state index is 0.0613. The van der Waals surface area contributed by atoms with Crippen LogP contribution in [0.2, 0.25) is 0 Å². The van der Waals surface area contributed by atoms with Gasteiger partial charge in [0, 0.05) is 11.0 Å². The molecule has 1 N–H and O–H groups in total. The molecule has 0 saturated heterocycles. The summed E-state index contributed by atoms with van der Waals surface area (Å²) in [6.07, 6.45) is 1.60. The molecule has 0 unspecified atom stereocenters. The smallest absolute Gasteiger partial charge is 0.327 e. The van der Waals surface area contributed by atoms with Gasteiger partial charge in [-0.05, 0) is 18.2 Å². The molecule has 0 saturated carbocycles. The number of benzene rings is 1. The van der Waals surface area contributed by atoms with Gasteiger partial charge in [0.2, 0.25) is 5.89 Å². The number of halogens is 2. The van der Waals surface area contributed by atoms with E-state index in [1.54, 1.807) is 6.20 Å². The van der Waals surface area contributed by atoms with E-state index in [-0.39, 0.29) is 17.5 Å². The summed E-state index contributed by atoms with van der Waals surface area (Å²) in [4.78, 5) is 16.1. The summed E-state index contributed by atoms with van der Waals surface area (Å²) in [5.74, 6) is -1.06. The maximum absolute atomic E-state index is 13.9. The number of nitrogens with one attached hydrogen (secondary N) is 1. The number of carbonyl (C=O) groups excluding carboxylic acids is 1. The Hall–Kier alpha value is -2.28. The van der Waals surface area contributed by atoms with Gasteiger partial charge in [-0.3, -0.25) is 5.32 Å². The van der Waals surface area contributed by atoms with Gasteiger partial charge in [0.05, 0.1) is 19.9 Å². The SMILES string of the molecule is COC(=O)[C@H](NCc1ncc(C(C)(C)C)o1)c1cc(F)ccc1F. The number of carbonyl (C=O) groups is 1. The minimum Gasteiger partial charge on any atom is -0.468 e. The van der Waals surface area contributed by atoms with E-state index >= 15 is 0 Å². The third kappa shape index (κ3) is 4.17. The summed E-state index contributed by atoms with van der Waals surface area (Å²) >= 11 is 0. The molecule has 0 aliphatic carbocycles. The van der Waals surface area contributed by atoms with Gasteiger partial charge < -0.3 is 9.15 Å². The lowest BCUT2D eigenvalue weighted by Gasteiger charge is -2.17. The van der Waals surface area contributed by atoms with Crippen LogP contribution in [0, 0.1) is 11.6 Å². The molecular formula is C17H20F2N2O3. The molecule has 130 valence electrons. The molecule has 24 heavy (non-hydrogen) atoms. The van der Waals surface area contributed by atoms with Crippen molar-refractivity contribution in [2.75, 3.05) is 7.11 Å². The Balaban J connectivity index is 2.20. The highest BCUT2D eigenvalue weighted by molar-refractivity contribution is 5.77. The Morgan fingerprint density at radius 2 is 2.08 bits per heavy atom. The molecule has 2 aromatic rings. The molecule has 7 heteroatoms. The first-order valence-electron chi connectivity index (χ1n) is 7.43. The number of hydrogen-bond donors (Lipinski definition) is 1. The van der Waals surface area contributed by atoms with Crippen molar-refractivity contribution in [1.82, 2.24) is 10.3 Å². The number of methoxy groups -OCH3 is 1. The number of hydrogen-bond acceptors (Lipinski definition) is 5. The lowest BCUT2D eigenvalue weighted by molar-refractivity contribution is -0.143. The van der Waals surface area contributed by atoms with E-state index in [4.69, 9.17) is 4.42 Å². The second kappa shape index (κ2) is 7.09. The zero-order valence-electron chi connectivity index (χ0n) is 14.0. The van der Waals surface area contributed by atoms with Crippen LogP contribution in [0.3, 0.4) is 0 Å². The summed E-state index contributed by atoms with van der Waals surface area (Å²) in [5.41, 5.74) is -0.341. The maximum Gasteiger partial charge on any atom is 0.327 e. The first-order chi connectivity index (χ1) is 11.2. The van der Waals surface area contributed by atoms with Crippen molar-refractivity contribution in [2.24, 2.45) is 0 Å². The van der Waals surface area contributed by atoms with E-state index in [0.29, 0.717) is 11.7 Å². The number of nitrogens with zero attached hydrogens (tertiary/aromatic N) is 1. The van der Waals surface area contributed by atoms with Gasteiger partial charge in [0.1, 0.15) is 23.4 Å². The van der Waals surface area contributed by atoms with Crippen molar-refractivity contribution in [1.29, 1.82) is 0 Å². The fourth-order valence-corrected chi connectivity index (χ4v) is 2.10. The molecule has 0 aliphatic heterocycles. The van der Waals surface area contributed by atoms with Crippen molar-refractivity contribution < 1.29 is 22.7 Å². The Morgan fingerprint density at radius 3 is 2.67 bits per heavy atom. The quantitative estimate of drug-likeness (QED) is 0.848. The predicted molar refractivity (Wildman–Crippen MR) is 83.2 cm³/mol. The molecular weight excluding hydrogens is 318 g/mol. The van der Waals surface area contributed by atoms with Crippen LogP contribution in [0.25, 0.3) is 0 Å². The molecule has 2 rings (SSSR count). The van der Waals surface area contributed by atoms with Crippen LogP contribution in [0.5, 0.6) is 0 Å². The molecule has 0 amide bonds. The van der Waals surface area contributed by atoms with Crippen molar-refractivity contribution in [3.8, 4) is 0 Å². The van der Waals surface area contributed by atoms with E-state index in [0.717, 1.165) is 18.2 Å². The van der Waals surface area contributed by atoms with E-state index < -0.39 is 23.6 Å². The van der Waals surface area contributed by atoms with Crippen LogP contribution in [-0.4, -0.2) is 18.1 Å². The molecule has 0 bridgehead atoms. The summed E-state index contributed by atoms with van der Waals surface area (Å²) in [5, 5.41) is 2.80. The average molecular weight is 338 g/mol. The fourth-order valence-electron chi connectivity index (χ4n) is 2.10. The van der Waals surface area contributed by atoms with Gasteiger partial charge in [-0.2, -0.15) is 0 Å². The van der Waals surface area contributed by atoms with Crippen LogP contribution < -0.4 is 5.32 Å². The number of rotatable bonds is 5. The Kier molecular flexibility index (Phi) is 5.33. The van der Waals surface area contributed by atoms with Gasteiger partial charge in [-0.15, -0.1) is 0 Å². The van der Waals surface area contributed by atoms with Crippen molar-refractivity contribution in [3.05, 3.63) is 53.2 Å². The van der Waals surface area contributed by atoms with E-state index in [2.05, 4.69) is 15.0 Å². The van der Waals surface area contributed by atoms with Crippen LogP contribution in [0.4, 0.5) is 8.78 Å². The molecule has 0 fully saturated rings. The molecule has 1 atom stereocenters. The van der Waals surface area contributed by atoms with E-state index in [9.17, 15) is 13.6 Å². The highest BCUT2D eigenvalue weighted by Crippen LogP contribution is 2.24. The van der Waals surface area contributed by atoms with Crippen LogP contribution in [0.1, 0.15) is 44.0 Å². The maximum atomic E-state index is 13.9. The summed E-state index contributed by atoms with van der Waals surface area (Å²) in [7, 11) is 1.18. The summed E-state index contributed by atoms with van der Waals surface area (Å²) in [6.45, 7) is 5.99. The second-order valence-corrected chi connectivity index (χ2v) is 6.37. The first kappa shape index (κ1) is 18.1. The van der Waals surface area contributed by atoms with Crippen LogP contribution in [-0.2, 0) is 21.5 Å². The average Bonchev–Trinajstić information content (AvgIpc) is 2.99. The molecule has 0 radical (unpaired) electrons. The molecule has 0 spiro atoms. The number of aromatic nitrogens is 1. The van der Waals surface area contributed by atoms with Crippen molar-refractivity contribution in [2.45, 2.75) is 38.8 Å². The highest BCUT2D eigenvalue weighted by Gasteiger charge is 2.26. The van der Waals surface area contributed by atoms with Gasteiger partial charge >= 0.3 is 5.97 Å². The fraction of sp³-hybridized carbons (Fsp3) is 0.412. The van der Waals surface area contributed by atoms with Gasteiger partial charge in [0.25, 0.3) is 0 Å². The molecule has 1 heterocycles. The van der Waals surface area contributed by atoms with Gasteiger partial charge in [-0.1, -0.05) is 20.8 Å². The zero-order chi connectivity index (χ0) is 17.9. The summed E-state index contributed by atoms with van der Waals surface area (Å²) < 4.78 is 37.6. The summed E-state index contributed by atoms with van der Waals surface area (Å²) in [6, 6.07) is 1.73. The zero-order valence-corrected chi connectivity index (χ0v) is 14.0. The largest absolute Gasteiger partial charge is 0.468 e. The normalized spacial score (nSPS) is 12.9.